The summed E-state index contributed by atoms with van der Waals surface area (Å²) in [5, 5.41) is 0.341. The Bertz CT molecular complexity index is 397. The van der Waals surface area contributed by atoms with Crippen LogP contribution in [0.25, 0.3) is 0 Å². The maximum absolute atomic E-state index is 13.1. The van der Waals surface area contributed by atoms with Gasteiger partial charge in [0, 0.05) is 5.69 Å². The second kappa shape index (κ2) is 5.93. The van der Waals surface area contributed by atoms with E-state index >= 15 is 0 Å². The molecular formula is C14H27FN2Si. The van der Waals surface area contributed by atoms with Crippen LogP contribution in [0, 0.1) is 5.82 Å². The molecule has 0 fully saturated rings. The minimum atomic E-state index is -1.40. The number of rotatable bonds is 3. The van der Waals surface area contributed by atoms with E-state index in [2.05, 4.69) is 45.8 Å². The summed E-state index contributed by atoms with van der Waals surface area (Å²) in [6, 6.07) is 2.66. The predicted octanol–water partition coefficient (Wildman–Crippen LogP) is 4.54. The number of pyridine rings is 1. The Kier molecular flexibility index (Phi) is 5.69. The zero-order chi connectivity index (χ0) is 13.3. The van der Waals surface area contributed by atoms with Crippen molar-refractivity contribution < 1.29 is 4.39 Å². The summed E-state index contributed by atoms with van der Waals surface area (Å²) in [5.74, 6) is -0.221. The number of hydrogen-bond donors (Lipinski definition) is 1. The fraction of sp³-hybridized carbons (Fsp3) is 0.643. The third kappa shape index (κ3) is 3.88. The highest BCUT2D eigenvalue weighted by Gasteiger charge is 2.35. The van der Waals surface area contributed by atoms with Gasteiger partial charge in [-0.05, 0) is 29.1 Å². The van der Waals surface area contributed by atoms with Gasteiger partial charge in [0.2, 0.25) is 0 Å². The van der Waals surface area contributed by atoms with E-state index in [1.54, 1.807) is 6.07 Å². The van der Waals surface area contributed by atoms with Crippen LogP contribution in [0.5, 0.6) is 0 Å². The van der Waals surface area contributed by atoms with E-state index in [1.165, 1.54) is 6.20 Å². The zero-order valence-electron chi connectivity index (χ0n) is 12.6. The van der Waals surface area contributed by atoms with Gasteiger partial charge in [0.05, 0.1) is 14.3 Å². The SMILES string of the molecule is CCc1cc(F)cnc1C[Si](C)(C)C(C)(C)C.N. The minimum Gasteiger partial charge on any atom is -0.344 e. The minimum absolute atomic E-state index is 0. The van der Waals surface area contributed by atoms with Gasteiger partial charge in [-0.1, -0.05) is 40.8 Å². The first-order valence-corrected chi connectivity index (χ1v) is 9.51. The Hall–Kier alpha value is -0.743. The first-order valence-electron chi connectivity index (χ1n) is 6.30. The number of aryl methyl sites for hydroxylation is 1. The first-order chi connectivity index (χ1) is 7.67. The van der Waals surface area contributed by atoms with Crippen LogP contribution in [0.4, 0.5) is 4.39 Å². The van der Waals surface area contributed by atoms with Gasteiger partial charge in [-0.15, -0.1) is 0 Å². The lowest BCUT2D eigenvalue weighted by Crippen LogP contribution is -2.40. The van der Waals surface area contributed by atoms with Crippen molar-refractivity contribution in [3.8, 4) is 0 Å². The van der Waals surface area contributed by atoms with Gasteiger partial charge in [0.1, 0.15) is 5.82 Å². The predicted molar refractivity (Wildman–Crippen MR) is 79.5 cm³/mol. The molecule has 0 atom stereocenters. The van der Waals surface area contributed by atoms with Crippen LogP contribution < -0.4 is 6.15 Å². The van der Waals surface area contributed by atoms with Gasteiger partial charge in [-0.2, -0.15) is 0 Å². The molecule has 0 radical (unpaired) electrons. The Labute approximate surface area is 112 Å². The molecule has 0 saturated heterocycles. The molecule has 0 aliphatic rings. The summed E-state index contributed by atoms with van der Waals surface area (Å²) in [7, 11) is -1.40. The number of aromatic nitrogens is 1. The summed E-state index contributed by atoms with van der Waals surface area (Å²) >= 11 is 0. The summed E-state index contributed by atoms with van der Waals surface area (Å²) in [6.45, 7) is 13.7. The smallest absolute Gasteiger partial charge is 0.141 e. The molecular weight excluding hydrogens is 243 g/mol. The van der Waals surface area contributed by atoms with Crippen LogP contribution in [0.3, 0.4) is 0 Å². The monoisotopic (exact) mass is 270 g/mol. The van der Waals surface area contributed by atoms with Crippen molar-refractivity contribution in [1.82, 2.24) is 11.1 Å². The van der Waals surface area contributed by atoms with Crippen molar-refractivity contribution >= 4 is 8.07 Å². The standard InChI is InChI=1S/C14H24FNSi.H3N/c1-7-11-8-12(15)9-16-13(11)10-17(5,6)14(2,3)4;/h8-9H,7,10H2,1-6H3;1H3. The highest BCUT2D eigenvalue weighted by atomic mass is 28.3. The normalized spacial score (nSPS) is 12.2. The molecule has 0 aliphatic heterocycles. The van der Waals surface area contributed by atoms with E-state index in [4.69, 9.17) is 0 Å². The van der Waals surface area contributed by atoms with E-state index in [-0.39, 0.29) is 12.0 Å². The quantitative estimate of drug-likeness (QED) is 0.820. The lowest BCUT2D eigenvalue weighted by Gasteiger charge is -2.37. The van der Waals surface area contributed by atoms with Gasteiger partial charge in [0.25, 0.3) is 0 Å². The van der Waals surface area contributed by atoms with Gasteiger partial charge in [-0.3, -0.25) is 4.98 Å². The highest BCUT2D eigenvalue weighted by Crippen LogP contribution is 2.38. The van der Waals surface area contributed by atoms with Crippen molar-refractivity contribution in [2.24, 2.45) is 0 Å². The topological polar surface area (TPSA) is 47.9 Å². The fourth-order valence-electron chi connectivity index (χ4n) is 1.66. The van der Waals surface area contributed by atoms with Crippen LogP contribution in [0.1, 0.15) is 39.0 Å². The third-order valence-corrected chi connectivity index (χ3v) is 9.33. The van der Waals surface area contributed by atoms with Gasteiger partial charge < -0.3 is 6.15 Å². The van der Waals surface area contributed by atoms with Crippen molar-refractivity contribution in [1.29, 1.82) is 0 Å². The average Bonchev–Trinajstić information content (AvgIpc) is 2.18. The highest BCUT2D eigenvalue weighted by molar-refractivity contribution is 6.79. The molecule has 0 aliphatic carbocycles. The van der Waals surface area contributed by atoms with E-state index in [1.807, 2.05) is 0 Å². The summed E-state index contributed by atoms with van der Waals surface area (Å²) < 4.78 is 13.1. The van der Waals surface area contributed by atoms with Crippen molar-refractivity contribution in [2.45, 2.75) is 58.3 Å². The lowest BCUT2D eigenvalue weighted by molar-refractivity contribution is 0.616. The molecule has 2 nitrogen and oxygen atoms in total. The summed E-state index contributed by atoms with van der Waals surface area (Å²) in [4.78, 5) is 4.31. The molecule has 0 saturated carbocycles. The van der Waals surface area contributed by atoms with E-state index < -0.39 is 8.07 Å². The van der Waals surface area contributed by atoms with Gasteiger partial charge in [0.15, 0.2) is 0 Å². The second-order valence-corrected chi connectivity index (χ2v) is 12.0. The molecule has 4 heteroatoms. The molecule has 0 amide bonds. The first kappa shape index (κ1) is 17.3. The lowest BCUT2D eigenvalue weighted by atomic mass is 10.1. The Morgan fingerprint density at radius 1 is 1.28 bits per heavy atom. The third-order valence-electron chi connectivity index (χ3n) is 4.05. The molecule has 1 heterocycles. The van der Waals surface area contributed by atoms with Gasteiger partial charge in [-0.25, -0.2) is 4.39 Å². The summed E-state index contributed by atoms with van der Waals surface area (Å²) in [6.07, 6.45) is 2.20. The second-order valence-electron chi connectivity index (χ2n) is 6.42. The summed E-state index contributed by atoms with van der Waals surface area (Å²) in [5.41, 5.74) is 2.16. The van der Waals surface area contributed by atoms with Gasteiger partial charge >= 0.3 is 0 Å². The van der Waals surface area contributed by atoms with E-state index in [9.17, 15) is 4.39 Å². The van der Waals surface area contributed by atoms with Crippen LogP contribution >= 0.6 is 0 Å². The molecule has 104 valence electrons. The Morgan fingerprint density at radius 3 is 2.28 bits per heavy atom. The molecule has 1 aromatic rings. The van der Waals surface area contributed by atoms with Crippen LogP contribution in [-0.4, -0.2) is 13.1 Å². The van der Waals surface area contributed by atoms with E-state index in [0.717, 1.165) is 23.7 Å². The number of hydrogen-bond acceptors (Lipinski definition) is 2. The molecule has 0 bridgehead atoms. The molecule has 3 N–H and O–H groups in total. The van der Waals surface area contributed by atoms with Crippen LogP contribution in [0.2, 0.25) is 18.1 Å². The van der Waals surface area contributed by atoms with Crippen molar-refractivity contribution in [2.75, 3.05) is 0 Å². The molecule has 0 aromatic carbocycles. The molecule has 0 spiro atoms. The van der Waals surface area contributed by atoms with Crippen molar-refractivity contribution in [3.05, 3.63) is 29.3 Å². The molecule has 0 unspecified atom stereocenters. The van der Waals surface area contributed by atoms with Crippen LogP contribution in [0.15, 0.2) is 12.3 Å². The maximum atomic E-state index is 13.1. The van der Waals surface area contributed by atoms with E-state index in [0.29, 0.717) is 5.04 Å². The van der Waals surface area contributed by atoms with Crippen molar-refractivity contribution in [3.63, 3.8) is 0 Å². The average molecular weight is 270 g/mol. The zero-order valence-corrected chi connectivity index (χ0v) is 13.6. The number of halogens is 1. The molecule has 1 rings (SSSR count). The fourth-order valence-corrected chi connectivity index (χ4v) is 3.34. The molecule has 1 aromatic heterocycles. The van der Waals surface area contributed by atoms with Crippen LogP contribution in [-0.2, 0) is 12.5 Å². The Balaban J connectivity index is 0.00000289. The molecule has 18 heavy (non-hydrogen) atoms. The maximum Gasteiger partial charge on any atom is 0.141 e. The Morgan fingerprint density at radius 2 is 1.83 bits per heavy atom. The number of nitrogens with zero attached hydrogens (tertiary/aromatic N) is 1. The largest absolute Gasteiger partial charge is 0.344 e.